The van der Waals surface area contributed by atoms with Crippen LogP contribution in [0.1, 0.15) is 20.8 Å². The normalized spacial score (nSPS) is 10.4. The molecule has 6 nitrogen and oxygen atoms in total. The minimum Gasteiger partial charge on any atom is -0.497 e. The monoisotopic (exact) mass is 399 g/mol. The average Bonchev–Trinajstić information content (AvgIpc) is 3.13. The fourth-order valence-electron chi connectivity index (χ4n) is 2.91. The molecule has 0 radical (unpaired) electrons. The third-order valence-corrected chi connectivity index (χ3v) is 4.51. The van der Waals surface area contributed by atoms with Crippen LogP contribution in [0.4, 0.5) is 0 Å². The van der Waals surface area contributed by atoms with Crippen molar-refractivity contribution in [2.24, 2.45) is 0 Å². The molecule has 0 atom stereocenters. The first-order valence-electron chi connectivity index (χ1n) is 8.33. The van der Waals surface area contributed by atoms with Gasteiger partial charge in [0.15, 0.2) is 0 Å². The molecule has 2 aromatic carbocycles. The molecule has 0 aliphatic rings. The number of rotatable bonds is 5. The molecule has 3 aromatic rings. The summed E-state index contributed by atoms with van der Waals surface area (Å²) in [4.78, 5) is 24.9. The van der Waals surface area contributed by atoms with Gasteiger partial charge in [0.2, 0.25) is 0 Å². The van der Waals surface area contributed by atoms with Crippen molar-refractivity contribution < 1.29 is 23.8 Å². The molecule has 1 heterocycles. The molecule has 0 unspecified atom stereocenters. The zero-order valence-corrected chi connectivity index (χ0v) is 16.3. The van der Waals surface area contributed by atoms with Gasteiger partial charge in [0, 0.05) is 10.7 Å². The molecule has 0 bridgehead atoms. The summed E-state index contributed by atoms with van der Waals surface area (Å²) in [6.45, 7) is 0. The topological polar surface area (TPSA) is 66.8 Å². The second-order valence-electron chi connectivity index (χ2n) is 5.82. The zero-order chi connectivity index (χ0) is 20.3. The van der Waals surface area contributed by atoms with Gasteiger partial charge in [-0.05, 0) is 60.2 Å². The second-order valence-corrected chi connectivity index (χ2v) is 6.25. The summed E-state index contributed by atoms with van der Waals surface area (Å²) in [6, 6.07) is 15.8. The van der Waals surface area contributed by atoms with Crippen LogP contribution in [0.15, 0.2) is 54.6 Å². The third-order valence-electron chi connectivity index (χ3n) is 4.26. The Morgan fingerprint density at radius 3 is 2.00 bits per heavy atom. The van der Waals surface area contributed by atoms with E-state index in [-0.39, 0.29) is 11.3 Å². The summed E-state index contributed by atoms with van der Waals surface area (Å²) in [6.07, 6.45) is 0. The number of halogens is 1. The van der Waals surface area contributed by atoms with Gasteiger partial charge in [0.1, 0.15) is 11.4 Å². The molecule has 0 amide bonds. The van der Waals surface area contributed by atoms with E-state index >= 15 is 0 Å². The van der Waals surface area contributed by atoms with E-state index in [2.05, 4.69) is 0 Å². The molecule has 0 fully saturated rings. The quantitative estimate of drug-likeness (QED) is 0.595. The molecule has 144 valence electrons. The van der Waals surface area contributed by atoms with Gasteiger partial charge in [0.25, 0.3) is 0 Å². The number of esters is 2. The van der Waals surface area contributed by atoms with E-state index in [4.69, 9.17) is 25.8 Å². The Kier molecular flexibility index (Phi) is 5.70. The molecule has 0 saturated carbocycles. The van der Waals surface area contributed by atoms with Crippen molar-refractivity contribution in [3.63, 3.8) is 0 Å². The van der Waals surface area contributed by atoms with Crippen LogP contribution in [0.25, 0.3) is 16.9 Å². The van der Waals surface area contributed by atoms with E-state index in [9.17, 15) is 9.59 Å². The van der Waals surface area contributed by atoms with Gasteiger partial charge >= 0.3 is 11.9 Å². The molecule has 28 heavy (non-hydrogen) atoms. The van der Waals surface area contributed by atoms with Crippen molar-refractivity contribution in [1.82, 2.24) is 4.57 Å². The van der Waals surface area contributed by atoms with E-state index in [1.54, 1.807) is 54.1 Å². The molecule has 0 aliphatic heterocycles. The Balaban J connectivity index is 2.33. The summed E-state index contributed by atoms with van der Waals surface area (Å²) in [5.74, 6) is -0.604. The van der Waals surface area contributed by atoms with E-state index in [1.165, 1.54) is 14.2 Å². The lowest BCUT2D eigenvalue weighted by Gasteiger charge is -2.14. The van der Waals surface area contributed by atoms with Crippen LogP contribution in [0.5, 0.6) is 5.75 Å². The van der Waals surface area contributed by atoms with Gasteiger partial charge in [-0.15, -0.1) is 0 Å². The molecule has 1 aromatic heterocycles. The number of benzene rings is 2. The van der Waals surface area contributed by atoms with Crippen molar-refractivity contribution in [1.29, 1.82) is 0 Å². The maximum atomic E-state index is 12.6. The minimum absolute atomic E-state index is 0.0718. The van der Waals surface area contributed by atoms with Crippen LogP contribution in [-0.4, -0.2) is 37.8 Å². The largest absolute Gasteiger partial charge is 0.497 e. The van der Waals surface area contributed by atoms with Crippen LogP contribution >= 0.6 is 11.6 Å². The average molecular weight is 400 g/mol. The highest BCUT2D eigenvalue weighted by Gasteiger charge is 2.28. The second kappa shape index (κ2) is 8.19. The van der Waals surface area contributed by atoms with Gasteiger partial charge in [-0.2, -0.15) is 0 Å². The van der Waals surface area contributed by atoms with Crippen molar-refractivity contribution >= 4 is 23.5 Å². The highest BCUT2D eigenvalue weighted by Crippen LogP contribution is 2.32. The maximum absolute atomic E-state index is 12.6. The van der Waals surface area contributed by atoms with E-state index in [0.29, 0.717) is 22.2 Å². The number of aromatic nitrogens is 1. The lowest BCUT2D eigenvalue weighted by molar-refractivity contribution is 0.0549. The fraction of sp³-hybridized carbons (Fsp3) is 0.143. The Bertz CT molecular complexity index is 1010. The summed E-state index contributed by atoms with van der Waals surface area (Å²) in [5.41, 5.74) is 2.21. The van der Waals surface area contributed by atoms with Gasteiger partial charge in [-0.3, -0.25) is 0 Å². The Morgan fingerprint density at radius 2 is 1.46 bits per heavy atom. The van der Waals surface area contributed by atoms with Crippen molar-refractivity contribution in [2.45, 2.75) is 0 Å². The number of nitrogens with zero attached hydrogens (tertiary/aromatic N) is 1. The number of hydrogen-bond acceptors (Lipinski definition) is 5. The predicted octanol–water partition coefficient (Wildman–Crippen LogP) is 4.38. The Morgan fingerprint density at radius 1 is 0.857 bits per heavy atom. The molecule has 7 heteroatoms. The van der Waals surface area contributed by atoms with Gasteiger partial charge in [-0.25, -0.2) is 9.59 Å². The SMILES string of the molecule is COC(=O)c1cc(-c2ccc(OC)cc2)n(-c2ccc(Cl)cc2)c1C(=O)OC. The minimum atomic E-state index is -0.657. The molecular formula is C21H18ClNO5. The van der Waals surface area contributed by atoms with Crippen LogP contribution < -0.4 is 4.74 Å². The van der Waals surface area contributed by atoms with Crippen molar-refractivity contribution in [2.75, 3.05) is 21.3 Å². The maximum Gasteiger partial charge on any atom is 0.355 e. The standard InChI is InChI=1S/C21H18ClNO5/c1-26-16-10-4-13(5-11-16)18-12-17(20(24)27-2)19(21(25)28-3)23(18)15-8-6-14(22)7-9-15/h4-12H,1-3H3. The first kappa shape index (κ1) is 19.5. The third kappa shape index (κ3) is 3.59. The van der Waals surface area contributed by atoms with Gasteiger partial charge in [0.05, 0.1) is 32.6 Å². The predicted molar refractivity (Wildman–Crippen MR) is 105 cm³/mol. The Labute approximate surface area is 167 Å². The summed E-state index contributed by atoms with van der Waals surface area (Å²) < 4.78 is 16.6. The molecule has 0 N–H and O–H groups in total. The van der Waals surface area contributed by atoms with Crippen LogP contribution in [0.2, 0.25) is 5.02 Å². The first-order chi connectivity index (χ1) is 13.5. The number of ether oxygens (including phenoxy) is 3. The van der Waals surface area contributed by atoms with Crippen molar-refractivity contribution in [3.8, 4) is 22.7 Å². The highest BCUT2D eigenvalue weighted by molar-refractivity contribution is 6.30. The van der Waals surface area contributed by atoms with E-state index in [1.807, 2.05) is 12.1 Å². The lowest BCUT2D eigenvalue weighted by atomic mass is 10.1. The number of hydrogen-bond donors (Lipinski definition) is 0. The summed E-state index contributed by atoms with van der Waals surface area (Å²) in [7, 11) is 4.10. The highest BCUT2D eigenvalue weighted by atomic mass is 35.5. The first-order valence-corrected chi connectivity index (χ1v) is 8.70. The van der Waals surface area contributed by atoms with E-state index < -0.39 is 11.9 Å². The molecule has 0 aliphatic carbocycles. The zero-order valence-electron chi connectivity index (χ0n) is 15.6. The van der Waals surface area contributed by atoms with Gasteiger partial charge in [-0.1, -0.05) is 11.6 Å². The fourth-order valence-corrected chi connectivity index (χ4v) is 3.03. The smallest absolute Gasteiger partial charge is 0.355 e. The molecule has 3 rings (SSSR count). The molecule has 0 spiro atoms. The number of methoxy groups -OCH3 is 3. The van der Waals surface area contributed by atoms with Crippen LogP contribution in [0, 0.1) is 0 Å². The van der Waals surface area contributed by atoms with Gasteiger partial charge < -0.3 is 18.8 Å². The number of carbonyl (C=O) groups is 2. The van der Waals surface area contributed by atoms with E-state index in [0.717, 1.165) is 5.56 Å². The van der Waals surface area contributed by atoms with Crippen molar-refractivity contribution in [3.05, 3.63) is 70.9 Å². The summed E-state index contributed by atoms with van der Waals surface area (Å²) in [5, 5.41) is 0.551. The Hall–Kier alpha value is -3.25. The van der Waals surface area contributed by atoms with Crippen LogP contribution in [0.3, 0.4) is 0 Å². The lowest BCUT2D eigenvalue weighted by Crippen LogP contribution is -2.15. The summed E-state index contributed by atoms with van der Waals surface area (Å²) >= 11 is 6.01. The van der Waals surface area contributed by atoms with Crippen LogP contribution in [-0.2, 0) is 9.47 Å². The molecular weight excluding hydrogens is 382 g/mol. The number of carbonyl (C=O) groups excluding carboxylic acids is 2. The molecule has 0 saturated heterocycles.